The molecule has 0 bridgehead atoms. The highest BCUT2D eigenvalue weighted by Crippen LogP contribution is 2.23. The van der Waals surface area contributed by atoms with Crippen molar-refractivity contribution in [2.75, 3.05) is 16.8 Å². The van der Waals surface area contributed by atoms with Crippen LogP contribution in [0.25, 0.3) is 11.0 Å². The van der Waals surface area contributed by atoms with Gasteiger partial charge in [0.25, 0.3) is 0 Å². The van der Waals surface area contributed by atoms with Crippen molar-refractivity contribution in [3.8, 4) is 0 Å². The van der Waals surface area contributed by atoms with E-state index in [2.05, 4.69) is 21.5 Å². The highest BCUT2D eigenvalue weighted by molar-refractivity contribution is 7.99. The minimum absolute atomic E-state index is 0.583. The molecular weight excluding hydrogens is 244 g/mol. The molecule has 0 radical (unpaired) electrons. The summed E-state index contributed by atoms with van der Waals surface area (Å²) in [6.07, 6.45) is 4.49. The van der Waals surface area contributed by atoms with Crippen molar-refractivity contribution in [3.63, 3.8) is 0 Å². The van der Waals surface area contributed by atoms with E-state index in [0.717, 1.165) is 22.4 Å². The highest BCUT2D eigenvalue weighted by atomic mass is 32.2. The Kier molecular flexibility index (Phi) is 3.16. The second-order valence-electron chi connectivity index (χ2n) is 4.86. The van der Waals surface area contributed by atoms with Gasteiger partial charge in [0, 0.05) is 24.2 Å². The second kappa shape index (κ2) is 4.80. The van der Waals surface area contributed by atoms with Gasteiger partial charge in [0.05, 0.1) is 17.6 Å². The van der Waals surface area contributed by atoms with Crippen molar-refractivity contribution in [1.29, 1.82) is 0 Å². The van der Waals surface area contributed by atoms with E-state index in [9.17, 15) is 0 Å². The lowest BCUT2D eigenvalue weighted by atomic mass is 10.1. The first-order valence-corrected chi connectivity index (χ1v) is 7.53. The monoisotopic (exact) mass is 262 g/mol. The van der Waals surface area contributed by atoms with Crippen LogP contribution in [0.15, 0.2) is 12.3 Å². The van der Waals surface area contributed by atoms with E-state index in [-0.39, 0.29) is 0 Å². The number of hydrogen-bond acceptors (Lipinski definition) is 4. The molecule has 0 aromatic carbocycles. The van der Waals surface area contributed by atoms with Gasteiger partial charge in [-0.15, -0.1) is 0 Å². The van der Waals surface area contributed by atoms with Crippen LogP contribution in [0.5, 0.6) is 0 Å². The van der Waals surface area contributed by atoms with Crippen LogP contribution in [0.4, 0.5) is 5.69 Å². The van der Waals surface area contributed by atoms with Gasteiger partial charge < -0.3 is 5.32 Å². The van der Waals surface area contributed by atoms with E-state index in [1.54, 1.807) is 0 Å². The third-order valence-corrected chi connectivity index (χ3v) is 4.61. The molecule has 2 aromatic heterocycles. The Hall–Kier alpha value is -1.23. The number of anilines is 1. The van der Waals surface area contributed by atoms with Gasteiger partial charge >= 0.3 is 0 Å². The van der Waals surface area contributed by atoms with Gasteiger partial charge in [-0.1, -0.05) is 0 Å². The maximum Gasteiger partial charge on any atom is 0.157 e. The number of thioether (sulfide) groups is 1. The highest BCUT2D eigenvalue weighted by Gasteiger charge is 2.14. The molecule has 1 N–H and O–H groups in total. The van der Waals surface area contributed by atoms with Crippen molar-refractivity contribution in [3.05, 3.63) is 18.0 Å². The summed E-state index contributed by atoms with van der Waals surface area (Å²) in [7, 11) is 1.94. The van der Waals surface area contributed by atoms with Crippen LogP contribution in [-0.2, 0) is 7.05 Å². The van der Waals surface area contributed by atoms with E-state index in [0.29, 0.717) is 6.04 Å². The Morgan fingerprint density at radius 3 is 3.17 bits per heavy atom. The summed E-state index contributed by atoms with van der Waals surface area (Å²) in [6, 6.07) is 2.75. The topological polar surface area (TPSA) is 42.7 Å². The van der Waals surface area contributed by atoms with Crippen molar-refractivity contribution in [1.82, 2.24) is 14.8 Å². The lowest BCUT2D eigenvalue weighted by molar-refractivity contribution is 0.685. The molecule has 0 amide bonds. The van der Waals surface area contributed by atoms with E-state index >= 15 is 0 Å². The fraction of sp³-hybridized carbons (Fsp3) is 0.538. The third kappa shape index (κ3) is 2.19. The predicted molar refractivity (Wildman–Crippen MR) is 77.2 cm³/mol. The summed E-state index contributed by atoms with van der Waals surface area (Å²) in [5.74, 6) is 2.50. The number of aromatic nitrogens is 3. The van der Waals surface area contributed by atoms with Crippen molar-refractivity contribution >= 4 is 28.5 Å². The quantitative estimate of drug-likeness (QED) is 0.903. The van der Waals surface area contributed by atoms with Gasteiger partial charge in [-0.25, -0.2) is 4.98 Å². The molecule has 3 heterocycles. The first-order valence-electron chi connectivity index (χ1n) is 6.37. The number of aryl methyl sites for hydroxylation is 2. The van der Waals surface area contributed by atoms with Gasteiger partial charge in [0.1, 0.15) is 0 Å². The number of fused-ring (bicyclic) bond motifs is 1. The van der Waals surface area contributed by atoms with Crippen LogP contribution < -0.4 is 5.32 Å². The molecule has 0 saturated carbocycles. The summed E-state index contributed by atoms with van der Waals surface area (Å²) in [5, 5.41) is 9.13. The zero-order valence-corrected chi connectivity index (χ0v) is 11.6. The molecule has 4 nitrogen and oxygen atoms in total. The number of nitrogens with zero attached hydrogens (tertiary/aromatic N) is 3. The van der Waals surface area contributed by atoms with Gasteiger partial charge in [-0.3, -0.25) is 4.68 Å². The summed E-state index contributed by atoms with van der Waals surface area (Å²) >= 11 is 2.03. The molecule has 1 atom stereocenters. The maximum absolute atomic E-state index is 4.50. The zero-order chi connectivity index (χ0) is 12.5. The molecule has 3 rings (SSSR count). The summed E-state index contributed by atoms with van der Waals surface area (Å²) in [6.45, 7) is 2.03. The molecule has 1 fully saturated rings. The van der Waals surface area contributed by atoms with Crippen LogP contribution in [0.1, 0.15) is 18.5 Å². The summed E-state index contributed by atoms with van der Waals surface area (Å²) < 4.78 is 1.84. The predicted octanol–water partition coefficient (Wildman–Crippen LogP) is 2.58. The average Bonchev–Trinajstić information content (AvgIpc) is 2.66. The van der Waals surface area contributed by atoms with Gasteiger partial charge in [0.2, 0.25) is 0 Å². The first-order chi connectivity index (χ1) is 8.74. The Morgan fingerprint density at radius 1 is 1.50 bits per heavy atom. The summed E-state index contributed by atoms with van der Waals surface area (Å²) in [5.41, 5.74) is 3.11. The van der Waals surface area contributed by atoms with E-state index in [4.69, 9.17) is 0 Å². The van der Waals surface area contributed by atoms with Gasteiger partial charge in [-0.2, -0.15) is 16.9 Å². The van der Waals surface area contributed by atoms with Crippen LogP contribution >= 0.6 is 11.8 Å². The van der Waals surface area contributed by atoms with Gasteiger partial charge in [-0.05, 0) is 31.6 Å². The number of nitrogens with one attached hydrogen (secondary N) is 1. The molecule has 1 saturated heterocycles. The van der Waals surface area contributed by atoms with Gasteiger partial charge in [0.15, 0.2) is 5.65 Å². The number of rotatable bonds is 2. The zero-order valence-electron chi connectivity index (χ0n) is 10.8. The minimum atomic E-state index is 0.583. The molecule has 18 heavy (non-hydrogen) atoms. The molecule has 5 heteroatoms. The van der Waals surface area contributed by atoms with Crippen LogP contribution in [0, 0.1) is 6.92 Å². The smallest absolute Gasteiger partial charge is 0.157 e. The SMILES string of the molecule is Cc1nn(C)c2ncc(NC3CCCSC3)cc12. The number of pyridine rings is 1. The second-order valence-corrected chi connectivity index (χ2v) is 6.01. The van der Waals surface area contributed by atoms with Crippen LogP contribution in [0.3, 0.4) is 0 Å². The van der Waals surface area contributed by atoms with E-state index in [1.807, 2.05) is 36.6 Å². The summed E-state index contributed by atoms with van der Waals surface area (Å²) in [4.78, 5) is 4.50. The van der Waals surface area contributed by atoms with Crippen LogP contribution in [-0.4, -0.2) is 32.3 Å². The van der Waals surface area contributed by atoms with E-state index in [1.165, 1.54) is 24.3 Å². The maximum atomic E-state index is 4.50. The van der Waals surface area contributed by atoms with Crippen molar-refractivity contribution in [2.24, 2.45) is 7.05 Å². The normalized spacial score (nSPS) is 20.2. The fourth-order valence-corrected chi connectivity index (χ4v) is 3.55. The molecule has 0 aliphatic carbocycles. The number of hydrogen-bond donors (Lipinski definition) is 1. The molecule has 1 aliphatic heterocycles. The lowest BCUT2D eigenvalue weighted by Crippen LogP contribution is -2.25. The van der Waals surface area contributed by atoms with E-state index < -0.39 is 0 Å². The van der Waals surface area contributed by atoms with Crippen molar-refractivity contribution in [2.45, 2.75) is 25.8 Å². The largest absolute Gasteiger partial charge is 0.380 e. The Balaban J connectivity index is 1.86. The molecule has 0 spiro atoms. The van der Waals surface area contributed by atoms with Crippen LogP contribution in [0.2, 0.25) is 0 Å². The molecule has 1 unspecified atom stereocenters. The molecule has 1 aliphatic rings. The average molecular weight is 262 g/mol. The standard InChI is InChI=1S/C13H18N4S/c1-9-12-6-11(7-14-13(12)17(2)16-9)15-10-4-3-5-18-8-10/h6-7,10,15H,3-5,8H2,1-2H3. The third-order valence-electron chi connectivity index (χ3n) is 3.39. The first kappa shape index (κ1) is 11.8. The molecular formula is C13H18N4S. The fourth-order valence-electron chi connectivity index (χ4n) is 2.48. The van der Waals surface area contributed by atoms with Crippen molar-refractivity contribution < 1.29 is 0 Å². The lowest BCUT2D eigenvalue weighted by Gasteiger charge is -2.23. The minimum Gasteiger partial charge on any atom is -0.380 e. The molecule has 96 valence electrons. The Morgan fingerprint density at radius 2 is 2.39 bits per heavy atom. The Labute approximate surface area is 111 Å². The Bertz CT molecular complexity index is 557. The molecule has 2 aromatic rings.